The van der Waals surface area contributed by atoms with E-state index in [0.29, 0.717) is 36.6 Å². The van der Waals surface area contributed by atoms with Crippen LogP contribution < -0.4 is 5.56 Å². The summed E-state index contributed by atoms with van der Waals surface area (Å²) >= 11 is 3.13. The lowest BCUT2D eigenvalue weighted by molar-refractivity contribution is -0.136. The maximum atomic E-state index is 12.1. The van der Waals surface area contributed by atoms with E-state index in [9.17, 15) is 9.59 Å². The van der Waals surface area contributed by atoms with Crippen LogP contribution in [0.25, 0.3) is 0 Å². The molecule has 2 rings (SSSR count). The zero-order valence-corrected chi connectivity index (χ0v) is 11.6. The van der Waals surface area contributed by atoms with Crippen molar-refractivity contribution >= 4 is 21.8 Å². The van der Waals surface area contributed by atoms with Gasteiger partial charge in [-0.25, -0.2) is 4.98 Å². The lowest BCUT2D eigenvalue weighted by atomic mass is 10.4. The third-order valence-corrected chi connectivity index (χ3v) is 3.41. The molecule has 1 saturated heterocycles. The molecule has 0 unspecified atom stereocenters. The molecule has 18 heavy (non-hydrogen) atoms. The predicted octanol–water partition coefficient (Wildman–Crippen LogP) is 0.173. The summed E-state index contributed by atoms with van der Waals surface area (Å²) < 4.78 is 6.93. The number of ether oxygens (including phenoxy) is 1. The molecule has 0 aromatic carbocycles. The largest absolute Gasteiger partial charge is 0.378 e. The van der Waals surface area contributed by atoms with E-state index < -0.39 is 0 Å². The highest BCUT2D eigenvalue weighted by Gasteiger charge is 2.18. The van der Waals surface area contributed by atoms with Crippen LogP contribution in [0.3, 0.4) is 0 Å². The van der Waals surface area contributed by atoms with Crippen LogP contribution in [0.5, 0.6) is 0 Å². The van der Waals surface area contributed by atoms with Crippen LogP contribution in [0.15, 0.2) is 15.5 Å². The van der Waals surface area contributed by atoms with Gasteiger partial charge in [0.1, 0.15) is 16.8 Å². The van der Waals surface area contributed by atoms with Crippen molar-refractivity contribution in [2.24, 2.45) is 0 Å². The first-order chi connectivity index (χ1) is 8.59. The Morgan fingerprint density at radius 2 is 2.17 bits per heavy atom. The van der Waals surface area contributed by atoms with E-state index in [1.165, 1.54) is 10.8 Å². The van der Waals surface area contributed by atoms with Gasteiger partial charge in [0.15, 0.2) is 0 Å². The van der Waals surface area contributed by atoms with Crippen molar-refractivity contribution in [1.29, 1.82) is 0 Å². The molecule has 0 saturated carbocycles. The molecule has 2 heterocycles. The first-order valence-corrected chi connectivity index (χ1v) is 6.46. The number of carbonyl (C=O) groups is 1. The molecule has 1 aromatic heterocycles. The van der Waals surface area contributed by atoms with E-state index in [2.05, 4.69) is 20.9 Å². The zero-order valence-electron chi connectivity index (χ0n) is 10.1. The van der Waals surface area contributed by atoms with Gasteiger partial charge in [-0.1, -0.05) is 0 Å². The normalized spacial score (nSPS) is 15.8. The summed E-state index contributed by atoms with van der Waals surface area (Å²) in [5.41, 5.74) is -0.232. The smallest absolute Gasteiger partial charge is 0.268 e. The summed E-state index contributed by atoms with van der Waals surface area (Å²) in [6.07, 6.45) is 1.45. The number of halogens is 1. The second-order valence-corrected chi connectivity index (χ2v) is 4.89. The molecule has 0 N–H and O–H groups in total. The lowest BCUT2D eigenvalue weighted by Gasteiger charge is -2.27. The van der Waals surface area contributed by atoms with Crippen LogP contribution >= 0.6 is 15.9 Å². The summed E-state index contributed by atoms with van der Waals surface area (Å²) in [4.78, 5) is 29.7. The number of amides is 1. The molecule has 1 aliphatic heterocycles. The van der Waals surface area contributed by atoms with Gasteiger partial charge in [0.05, 0.1) is 13.2 Å². The maximum absolute atomic E-state index is 12.1. The van der Waals surface area contributed by atoms with Crippen LogP contribution in [-0.4, -0.2) is 46.7 Å². The Balaban J connectivity index is 2.16. The number of nitrogens with zero attached hydrogens (tertiary/aromatic N) is 3. The Kier molecular flexibility index (Phi) is 4.13. The van der Waals surface area contributed by atoms with Crippen molar-refractivity contribution < 1.29 is 9.53 Å². The Hall–Kier alpha value is -1.21. The number of hydrogen-bond acceptors (Lipinski definition) is 4. The maximum Gasteiger partial charge on any atom is 0.268 e. The van der Waals surface area contributed by atoms with Crippen LogP contribution in [0.1, 0.15) is 5.82 Å². The molecular formula is C11H14BrN3O3. The van der Waals surface area contributed by atoms with Gasteiger partial charge in [-0.15, -0.1) is 0 Å². The molecule has 1 aliphatic rings. The Labute approximate surface area is 113 Å². The van der Waals surface area contributed by atoms with Crippen molar-refractivity contribution in [2.45, 2.75) is 13.5 Å². The van der Waals surface area contributed by atoms with Gasteiger partial charge in [0, 0.05) is 19.3 Å². The highest BCUT2D eigenvalue weighted by Crippen LogP contribution is 2.03. The van der Waals surface area contributed by atoms with Gasteiger partial charge in [0.2, 0.25) is 5.91 Å². The van der Waals surface area contributed by atoms with Crippen LogP contribution in [0, 0.1) is 6.92 Å². The third-order valence-electron chi connectivity index (χ3n) is 2.86. The first kappa shape index (κ1) is 13.2. The highest BCUT2D eigenvalue weighted by atomic mass is 79.9. The van der Waals surface area contributed by atoms with Gasteiger partial charge < -0.3 is 9.64 Å². The highest BCUT2D eigenvalue weighted by molar-refractivity contribution is 9.10. The third kappa shape index (κ3) is 2.78. The zero-order chi connectivity index (χ0) is 13.1. The second-order valence-electron chi connectivity index (χ2n) is 4.04. The van der Waals surface area contributed by atoms with Crippen molar-refractivity contribution in [3.63, 3.8) is 0 Å². The first-order valence-electron chi connectivity index (χ1n) is 5.67. The summed E-state index contributed by atoms with van der Waals surface area (Å²) in [6.45, 7) is 3.99. The van der Waals surface area contributed by atoms with Gasteiger partial charge in [-0.3, -0.25) is 14.2 Å². The number of carbonyl (C=O) groups excluding carboxylic acids is 1. The molecule has 0 aliphatic carbocycles. The Bertz CT molecular complexity index is 509. The van der Waals surface area contributed by atoms with Gasteiger partial charge in [-0.05, 0) is 22.9 Å². The van der Waals surface area contributed by atoms with E-state index in [4.69, 9.17) is 4.74 Å². The standard InChI is InChI=1S/C11H14BrN3O3/c1-8-13-6-9(12)11(17)15(8)7-10(16)14-2-4-18-5-3-14/h6H,2-5,7H2,1H3. The molecule has 0 radical (unpaired) electrons. The molecule has 6 nitrogen and oxygen atoms in total. The van der Waals surface area contributed by atoms with Gasteiger partial charge in [0.25, 0.3) is 5.56 Å². The predicted molar refractivity (Wildman–Crippen MR) is 68.3 cm³/mol. The second kappa shape index (κ2) is 5.62. The summed E-state index contributed by atoms with van der Waals surface area (Å²) in [5.74, 6) is 0.452. The number of hydrogen-bond donors (Lipinski definition) is 0. The molecule has 1 fully saturated rings. The van der Waals surface area contributed by atoms with E-state index >= 15 is 0 Å². The summed E-state index contributed by atoms with van der Waals surface area (Å²) in [5, 5.41) is 0. The molecule has 1 amide bonds. The van der Waals surface area contributed by atoms with E-state index in [-0.39, 0.29) is 18.0 Å². The van der Waals surface area contributed by atoms with Crippen molar-refractivity contribution in [1.82, 2.24) is 14.5 Å². The average molecular weight is 316 g/mol. The fourth-order valence-electron chi connectivity index (χ4n) is 1.79. The fourth-order valence-corrected chi connectivity index (χ4v) is 2.10. The number of morpholine rings is 1. The van der Waals surface area contributed by atoms with E-state index in [1.807, 2.05) is 0 Å². The fraction of sp³-hybridized carbons (Fsp3) is 0.545. The van der Waals surface area contributed by atoms with Crippen LogP contribution in [0.2, 0.25) is 0 Å². The topological polar surface area (TPSA) is 64.4 Å². The lowest BCUT2D eigenvalue weighted by Crippen LogP contribution is -2.43. The molecule has 0 bridgehead atoms. The van der Waals surface area contributed by atoms with E-state index in [1.54, 1.807) is 11.8 Å². The molecule has 7 heteroatoms. The van der Waals surface area contributed by atoms with Crippen molar-refractivity contribution in [3.8, 4) is 0 Å². The number of aromatic nitrogens is 2. The van der Waals surface area contributed by atoms with Crippen molar-refractivity contribution in [2.75, 3.05) is 26.3 Å². The Morgan fingerprint density at radius 3 is 2.83 bits per heavy atom. The molecule has 98 valence electrons. The Morgan fingerprint density at radius 1 is 1.50 bits per heavy atom. The molecule has 0 spiro atoms. The minimum Gasteiger partial charge on any atom is -0.378 e. The van der Waals surface area contributed by atoms with Crippen molar-refractivity contribution in [3.05, 3.63) is 26.8 Å². The quantitative estimate of drug-likeness (QED) is 0.780. The molecular weight excluding hydrogens is 302 g/mol. The summed E-state index contributed by atoms with van der Waals surface area (Å²) in [7, 11) is 0. The number of aryl methyl sites for hydroxylation is 1. The van der Waals surface area contributed by atoms with Gasteiger partial charge in [-0.2, -0.15) is 0 Å². The monoisotopic (exact) mass is 315 g/mol. The average Bonchev–Trinajstić information content (AvgIpc) is 2.40. The van der Waals surface area contributed by atoms with Crippen LogP contribution in [0.4, 0.5) is 0 Å². The minimum atomic E-state index is -0.232. The van der Waals surface area contributed by atoms with Crippen LogP contribution in [-0.2, 0) is 16.1 Å². The molecule has 1 aromatic rings. The molecule has 0 atom stereocenters. The van der Waals surface area contributed by atoms with Gasteiger partial charge >= 0.3 is 0 Å². The number of rotatable bonds is 2. The summed E-state index contributed by atoms with van der Waals surface area (Å²) in [6, 6.07) is 0. The SMILES string of the molecule is Cc1ncc(Br)c(=O)n1CC(=O)N1CCOCC1. The minimum absolute atomic E-state index is 0.0249. The van der Waals surface area contributed by atoms with E-state index in [0.717, 1.165) is 0 Å².